The van der Waals surface area contributed by atoms with Crippen molar-refractivity contribution in [3.8, 4) is 0 Å². The van der Waals surface area contributed by atoms with Gasteiger partial charge in [-0.1, -0.05) is 13.8 Å². The Morgan fingerprint density at radius 2 is 2.00 bits per heavy atom. The molecule has 1 aliphatic carbocycles. The van der Waals surface area contributed by atoms with Gasteiger partial charge in [0.05, 0.1) is 11.4 Å². The molecule has 1 saturated carbocycles. The number of hydrogen-bond donors (Lipinski definition) is 2. The smallest absolute Gasteiger partial charge is 0.160 e. The first kappa shape index (κ1) is 11.3. The summed E-state index contributed by atoms with van der Waals surface area (Å²) >= 11 is 0. The van der Waals surface area contributed by atoms with Gasteiger partial charge in [-0.2, -0.15) is 0 Å². The largest absolute Gasteiger partial charge is 0.397 e. The van der Waals surface area contributed by atoms with Crippen LogP contribution in [0.5, 0.6) is 0 Å². The minimum Gasteiger partial charge on any atom is -0.397 e. The molecule has 96 valence electrons. The summed E-state index contributed by atoms with van der Waals surface area (Å²) in [6.45, 7) is 4.60. The van der Waals surface area contributed by atoms with E-state index in [4.69, 9.17) is 10.4 Å². The van der Waals surface area contributed by atoms with E-state index in [2.05, 4.69) is 29.5 Å². The lowest BCUT2D eigenvalue weighted by molar-refractivity contribution is 0.315. The van der Waals surface area contributed by atoms with Crippen molar-refractivity contribution in [1.82, 2.24) is 10.3 Å². The highest BCUT2D eigenvalue weighted by Crippen LogP contribution is 2.35. The van der Waals surface area contributed by atoms with Crippen molar-refractivity contribution in [1.29, 1.82) is 0 Å². The number of nitrogen functional groups attached to an aromatic ring is 1. The van der Waals surface area contributed by atoms with E-state index < -0.39 is 0 Å². The molecule has 1 aromatic heterocycles. The van der Waals surface area contributed by atoms with E-state index in [0.29, 0.717) is 23.2 Å². The number of nitrogens with two attached hydrogens (primary N) is 1. The zero-order valence-corrected chi connectivity index (χ0v) is 10.7. The summed E-state index contributed by atoms with van der Waals surface area (Å²) in [4.78, 5) is 0. The standard InChI is InChI=1S/C13H18N4O/c1-7-3-5-10(8(7)2)15-11-6-4-9(14)12-13(11)17-18-16-12/h4,6-8,10,15H,3,5,14H2,1-2H3. The molecule has 0 amide bonds. The van der Waals surface area contributed by atoms with Gasteiger partial charge in [0, 0.05) is 6.04 Å². The van der Waals surface area contributed by atoms with Crippen LogP contribution in [-0.4, -0.2) is 16.4 Å². The van der Waals surface area contributed by atoms with Crippen LogP contribution in [0, 0.1) is 11.8 Å². The summed E-state index contributed by atoms with van der Waals surface area (Å²) in [7, 11) is 0. The van der Waals surface area contributed by atoms with Gasteiger partial charge in [0.2, 0.25) is 0 Å². The zero-order valence-electron chi connectivity index (χ0n) is 10.7. The first-order valence-electron chi connectivity index (χ1n) is 6.44. The molecule has 0 radical (unpaired) electrons. The van der Waals surface area contributed by atoms with Crippen LogP contribution in [0.15, 0.2) is 16.8 Å². The number of rotatable bonds is 2. The number of benzene rings is 1. The fourth-order valence-corrected chi connectivity index (χ4v) is 2.77. The second-order valence-corrected chi connectivity index (χ2v) is 5.33. The third-order valence-electron chi connectivity index (χ3n) is 4.25. The average Bonchev–Trinajstić information content (AvgIpc) is 2.95. The Hall–Kier alpha value is -1.78. The van der Waals surface area contributed by atoms with E-state index in [1.807, 2.05) is 12.1 Å². The molecule has 3 atom stereocenters. The number of hydrogen-bond acceptors (Lipinski definition) is 5. The predicted octanol–water partition coefficient (Wildman–Crippen LogP) is 2.65. The number of aromatic nitrogens is 2. The number of nitrogens with zero attached hydrogens (tertiary/aromatic N) is 2. The highest BCUT2D eigenvalue weighted by atomic mass is 16.6. The molecular weight excluding hydrogens is 228 g/mol. The first-order chi connectivity index (χ1) is 8.66. The van der Waals surface area contributed by atoms with E-state index in [1.165, 1.54) is 12.8 Å². The Bertz CT molecular complexity index is 565. The van der Waals surface area contributed by atoms with Crippen molar-refractivity contribution in [3.63, 3.8) is 0 Å². The average molecular weight is 246 g/mol. The number of fused-ring (bicyclic) bond motifs is 1. The second-order valence-electron chi connectivity index (χ2n) is 5.33. The van der Waals surface area contributed by atoms with Crippen LogP contribution < -0.4 is 11.1 Å². The van der Waals surface area contributed by atoms with E-state index in [9.17, 15) is 0 Å². The molecule has 3 N–H and O–H groups in total. The number of anilines is 2. The Kier molecular flexibility index (Phi) is 2.61. The maximum Gasteiger partial charge on any atom is 0.160 e. The fourth-order valence-electron chi connectivity index (χ4n) is 2.77. The van der Waals surface area contributed by atoms with Gasteiger partial charge < -0.3 is 11.1 Å². The van der Waals surface area contributed by atoms with Crippen molar-refractivity contribution in [2.75, 3.05) is 11.1 Å². The van der Waals surface area contributed by atoms with E-state index in [0.717, 1.165) is 17.1 Å². The van der Waals surface area contributed by atoms with E-state index in [-0.39, 0.29) is 0 Å². The van der Waals surface area contributed by atoms with Crippen molar-refractivity contribution < 1.29 is 4.63 Å². The van der Waals surface area contributed by atoms with Gasteiger partial charge in [-0.15, -0.1) is 0 Å². The van der Waals surface area contributed by atoms with Crippen LogP contribution >= 0.6 is 0 Å². The topological polar surface area (TPSA) is 77.0 Å². The molecule has 1 aliphatic rings. The first-order valence-corrected chi connectivity index (χ1v) is 6.44. The summed E-state index contributed by atoms with van der Waals surface area (Å²) in [5.74, 6) is 1.43. The van der Waals surface area contributed by atoms with Crippen LogP contribution in [0.25, 0.3) is 11.0 Å². The second kappa shape index (κ2) is 4.15. The third kappa shape index (κ3) is 1.70. The fraction of sp³-hybridized carbons (Fsp3) is 0.538. The van der Waals surface area contributed by atoms with Crippen LogP contribution in [0.4, 0.5) is 11.4 Å². The van der Waals surface area contributed by atoms with Crippen molar-refractivity contribution in [2.45, 2.75) is 32.7 Å². The van der Waals surface area contributed by atoms with Crippen LogP contribution in [-0.2, 0) is 0 Å². The Morgan fingerprint density at radius 1 is 1.22 bits per heavy atom. The third-order valence-corrected chi connectivity index (χ3v) is 4.25. The Morgan fingerprint density at radius 3 is 2.72 bits per heavy atom. The van der Waals surface area contributed by atoms with Gasteiger partial charge in [-0.05, 0) is 47.1 Å². The summed E-state index contributed by atoms with van der Waals surface area (Å²) in [6, 6.07) is 4.29. The molecule has 0 spiro atoms. The highest BCUT2D eigenvalue weighted by molar-refractivity contribution is 5.95. The summed E-state index contributed by atoms with van der Waals surface area (Å²) in [6.07, 6.45) is 2.47. The maximum absolute atomic E-state index is 5.84. The maximum atomic E-state index is 5.84. The minimum atomic E-state index is 0.489. The highest BCUT2D eigenvalue weighted by Gasteiger charge is 2.30. The molecule has 1 aromatic carbocycles. The molecule has 0 aliphatic heterocycles. The zero-order chi connectivity index (χ0) is 12.7. The van der Waals surface area contributed by atoms with Crippen LogP contribution in [0.1, 0.15) is 26.7 Å². The lowest BCUT2D eigenvalue weighted by atomic mass is 9.97. The normalized spacial score (nSPS) is 27.8. The van der Waals surface area contributed by atoms with Crippen molar-refractivity contribution >= 4 is 22.4 Å². The molecule has 18 heavy (non-hydrogen) atoms. The minimum absolute atomic E-state index is 0.489. The van der Waals surface area contributed by atoms with Gasteiger partial charge >= 0.3 is 0 Å². The summed E-state index contributed by atoms with van der Waals surface area (Å²) in [5, 5.41) is 11.3. The Balaban J connectivity index is 1.91. The molecule has 3 rings (SSSR count). The molecule has 0 saturated heterocycles. The quantitative estimate of drug-likeness (QED) is 0.796. The molecule has 0 bridgehead atoms. The SMILES string of the molecule is CC1CCC(Nc2ccc(N)c3nonc23)C1C. The summed E-state index contributed by atoms with van der Waals surface area (Å²) in [5.41, 5.74) is 8.76. The summed E-state index contributed by atoms with van der Waals surface area (Å²) < 4.78 is 4.78. The molecular formula is C13H18N4O. The Labute approximate surface area is 106 Å². The van der Waals surface area contributed by atoms with Gasteiger partial charge in [0.1, 0.15) is 0 Å². The van der Waals surface area contributed by atoms with Gasteiger partial charge in [0.25, 0.3) is 0 Å². The van der Waals surface area contributed by atoms with Gasteiger partial charge in [0.15, 0.2) is 11.0 Å². The van der Waals surface area contributed by atoms with Gasteiger partial charge in [-0.3, -0.25) is 0 Å². The van der Waals surface area contributed by atoms with Crippen LogP contribution in [0.2, 0.25) is 0 Å². The van der Waals surface area contributed by atoms with Crippen LogP contribution in [0.3, 0.4) is 0 Å². The van der Waals surface area contributed by atoms with Crippen molar-refractivity contribution in [2.24, 2.45) is 11.8 Å². The van der Waals surface area contributed by atoms with Gasteiger partial charge in [-0.25, -0.2) is 4.63 Å². The van der Waals surface area contributed by atoms with E-state index >= 15 is 0 Å². The molecule has 3 unspecified atom stereocenters. The molecule has 1 fully saturated rings. The molecule has 1 heterocycles. The lowest BCUT2D eigenvalue weighted by Crippen LogP contribution is -2.24. The lowest BCUT2D eigenvalue weighted by Gasteiger charge is -2.20. The number of nitrogens with one attached hydrogen (secondary N) is 1. The van der Waals surface area contributed by atoms with E-state index in [1.54, 1.807) is 0 Å². The predicted molar refractivity (Wildman–Crippen MR) is 71.2 cm³/mol. The molecule has 5 heteroatoms. The molecule has 5 nitrogen and oxygen atoms in total. The monoisotopic (exact) mass is 246 g/mol. The van der Waals surface area contributed by atoms with Crippen molar-refractivity contribution in [3.05, 3.63) is 12.1 Å². The molecule has 2 aromatic rings.